The standard InChI is InChI=1S/C16H28ClNO2/c1-20-11-10-18(9-8-17)16(19)15-7-6-13-4-2-3-5-14(13)12-15/h13-15H,2-12H2,1H3. The van der Waals surface area contributed by atoms with Gasteiger partial charge in [0.25, 0.3) is 0 Å². The molecule has 0 N–H and O–H groups in total. The lowest BCUT2D eigenvalue weighted by atomic mass is 9.67. The molecule has 4 heteroatoms. The molecule has 0 aromatic rings. The number of rotatable bonds is 6. The van der Waals surface area contributed by atoms with Crippen LogP contribution in [0.4, 0.5) is 0 Å². The van der Waals surface area contributed by atoms with Gasteiger partial charge in [-0.3, -0.25) is 4.79 Å². The summed E-state index contributed by atoms with van der Waals surface area (Å²) in [4.78, 5) is 14.6. The summed E-state index contributed by atoms with van der Waals surface area (Å²) >= 11 is 5.83. The van der Waals surface area contributed by atoms with E-state index in [2.05, 4.69) is 0 Å². The summed E-state index contributed by atoms with van der Waals surface area (Å²) in [5, 5.41) is 0. The average molecular weight is 302 g/mol. The molecule has 3 atom stereocenters. The van der Waals surface area contributed by atoms with Gasteiger partial charge in [0.2, 0.25) is 5.91 Å². The van der Waals surface area contributed by atoms with Gasteiger partial charge in [0.15, 0.2) is 0 Å². The first-order chi connectivity index (χ1) is 9.76. The Morgan fingerprint density at radius 1 is 1.15 bits per heavy atom. The van der Waals surface area contributed by atoms with Crippen LogP contribution in [0.3, 0.4) is 0 Å². The van der Waals surface area contributed by atoms with E-state index < -0.39 is 0 Å². The van der Waals surface area contributed by atoms with Crippen molar-refractivity contribution in [1.82, 2.24) is 4.90 Å². The van der Waals surface area contributed by atoms with Crippen molar-refractivity contribution in [3.05, 3.63) is 0 Å². The van der Waals surface area contributed by atoms with Crippen LogP contribution in [-0.4, -0.2) is 43.5 Å². The van der Waals surface area contributed by atoms with E-state index in [9.17, 15) is 4.79 Å². The molecular formula is C16H28ClNO2. The normalized spacial score (nSPS) is 29.8. The minimum Gasteiger partial charge on any atom is -0.383 e. The summed E-state index contributed by atoms with van der Waals surface area (Å²) in [6.07, 6.45) is 8.91. The van der Waals surface area contributed by atoms with Gasteiger partial charge in [-0.2, -0.15) is 0 Å². The summed E-state index contributed by atoms with van der Waals surface area (Å²) in [6, 6.07) is 0. The lowest BCUT2D eigenvalue weighted by Gasteiger charge is -2.40. The fourth-order valence-electron chi connectivity index (χ4n) is 3.99. The zero-order chi connectivity index (χ0) is 14.4. The summed E-state index contributed by atoms with van der Waals surface area (Å²) in [7, 11) is 1.68. The summed E-state index contributed by atoms with van der Waals surface area (Å²) < 4.78 is 5.11. The number of alkyl halides is 1. The van der Waals surface area contributed by atoms with Gasteiger partial charge in [0, 0.05) is 32.0 Å². The number of amides is 1. The first kappa shape index (κ1) is 16.1. The Morgan fingerprint density at radius 2 is 1.90 bits per heavy atom. The first-order valence-electron chi connectivity index (χ1n) is 8.10. The lowest BCUT2D eigenvalue weighted by Crippen LogP contribution is -2.42. The second kappa shape index (κ2) is 8.23. The van der Waals surface area contributed by atoms with Crippen molar-refractivity contribution >= 4 is 17.5 Å². The van der Waals surface area contributed by atoms with Gasteiger partial charge in [0.1, 0.15) is 0 Å². The van der Waals surface area contributed by atoms with Crippen LogP contribution in [0.5, 0.6) is 0 Å². The number of methoxy groups -OCH3 is 1. The van der Waals surface area contributed by atoms with Crippen LogP contribution in [-0.2, 0) is 9.53 Å². The molecule has 3 unspecified atom stereocenters. The highest BCUT2D eigenvalue weighted by Gasteiger charge is 2.36. The van der Waals surface area contributed by atoms with E-state index in [1.165, 1.54) is 32.1 Å². The molecular weight excluding hydrogens is 274 g/mol. The molecule has 0 aliphatic heterocycles. The molecule has 2 fully saturated rings. The lowest BCUT2D eigenvalue weighted by molar-refractivity contribution is -0.138. The summed E-state index contributed by atoms with van der Waals surface area (Å²) in [5.41, 5.74) is 0. The van der Waals surface area contributed by atoms with Gasteiger partial charge in [-0.1, -0.05) is 25.7 Å². The second-order valence-corrected chi connectivity index (χ2v) is 6.70. The molecule has 0 aromatic carbocycles. The van der Waals surface area contributed by atoms with Crippen LogP contribution in [0.15, 0.2) is 0 Å². The van der Waals surface area contributed by atoms with Gasteiger partial charge >= 0.3 is 0 Å². The molecule has 0 bridgehead atoms. The van der Waals surface area contributed by atoms with E-state index in [-0.39, 0.29) is 5.92 Å². The third kappa shape index (κ3) is 4.11. The third-order valence-corrected chi connectivity index (χ3v) is 5.29. The van der Waals surface area contributed by atoms with Crippen molar-refractivity contribution in [2.24, 2.45) is 17.8 Å². The van der Waals surface area contributed by atoms with Gasteiger partial charge in [0.05, 0.1) is 6.61 Å². The second-order valence-electron chi connectivity index (χ2n) is 6.32. The van der Waals surface area contributed by atoms with Gasteiger partial charge in [-0.05, 0) is 31.1 Å². The van der Waals surface area contributed by atoms with E-state index in [0.29, 0.717) is 31.5 Å². The molecule has 0 heterocycles. The molecule has 116 valence electrons. The monoisotopic (exact) mass is 301 g/mol. The number of nitrogens with zero attached hydrogens (tertiary/aromatic N) is 1. The summed E-state index contributed by atoms with van der Waals surface area (Å²) in [5.74, 6) is 2.75. The zero-order valence-corrected chi connectivity index (χ0v) is 13.4. The van der Waals surface area contributed by atoms with E-state index in [4.69, 9.17) is 16.3 Å². The quantitative estimate of drug-likeness (QED) is 0.705. The SMILES string of the molecule is COCCN(CCCl)C(=O)C1CCC2CCCCC2C1. The van der Waals surface area contributed by atoms with Crippen molar-refractivity contribution in [1.29, 1.82) is 0 Å². The Labute approximate surface area is 128 Å². The Bertz CT molecular complexity index is 311. The Morgan fingerprint density at radius 3 is 2.60 bits per heavy atom. The Kier molecular flexibility index (Phi) is 6.63. The number of halogens is 1. The minimum absolute atomic E-state index is 0.231. The smallest absolute Gasteiger partial charge is 0.225 e. The molecule has 0 radical (unpaired) electrons. The Hall–Kier alpha value is -0.280. The molecule has 0 spiro atoms. The minimum atomic E-state index is 0.231. The molecule has 1 amide bonds. The van der Waals surface area contributed by atoms with Crippen LogP contribution in [0.25, 0.3) is 0 Å². The maximum Gasteiger partial charge on any atom is 0.225 e. The molecule has 2 rings (SSSR count). The predicted octanol–water partition coefficient (Wildman–Crippen LogP) is 3.31. The van der Waals surface area contributed by atoms with Crippen LogP contribution in [0.2, 0.25) is 0 Å². The Balaban J connectivity index is 1.89. The highest BCUT2D eigenvalue weighted by Crippen LogP contribution is 2.43. The average Bonchev–Trinajstić information content (AvgIpc) is 2.50. The number of fused-ring (bicyclic) bond motifs is 1. The maximum atomic E-state index is 12.7. The molecule has 2 saturated carbocycles. The topological polar surface area (TPSA) is 29.5 Å². The van der Waals surface area contributed by atoms with Gasteiger partial charge in [-0.15, -0.1) is 11.6 Å². The number of hydrogen-bond acceptors (Lipinski definition) is 2. The molecule has 0 saturated heterocycles. The van der Waals surface area contributed by atoms with Gasteiger partial charge < -0.3 is 9.64 Å². The number of hydrogen-bond donors (Lipinski definition) is 0. The van der Waals surface area contributed by atoms with Crippen molar-refractivity contribution in [3.63, 3.8) is 0 Å². The third-order valence-electron chi connectivity index (χ3n) is 5.12. The molecule has 2 aliphatic rings. The summed E-state index contributed by atoms with van der Waals surface area (Å²) in [6.45, 7) is 1.92. The number of carbonyl (C=O) groups is 1. The van der Waals surface area contributed by atoms with Crippen molar-refractivity contribution in [3.8, 4) is 0 Å². The fourth-order valence-corrected chi connectivity index (χ4v) is 4.20. The molecule has 20 heavy (non-hydrogen) atoms. The largest absolute Gasteiger partial charge is 0.383 e. The van der Waals surface area contributed by atoms with Crippen LogP contribution < -0.4 is 0 Å². The van der Waals surface area contributed by atoms with Crippen LogP contribution in [0.1, 0.15) is 44.9 Å². The molecule has 0 aromatic heterocycles. The van der Waals surface area contributed by atoms with Crippen molar-refractivity contribution in [2.45, 2.75) is 44.9 Å². The van der Waals surface area contributed by atoms with E-state index in [0.717, 1.165) is 24.7 Å². The highest BCUT2D eigenvalue weighted by molar-refractivity contribution is 6.18. The molecule has 2 aliphatic carbocycles. The number of ether oxygens (including phenoxy) is 1. The van der Waals surface area contributed by atoms with Crippen molar-refractivity contribution in [2.75, 3.05) is 32.7 Å². The molecule has 3 nitrogen and oxygen atoms in total. The fraction of sp³-hybridized carbons (Fsp3) is 0.938. The predicted molar refractivity (Wildman–Crippen MR) is 82.0 cm³/mol. The van der Waals surface area contributed by atoms with Crippen LogP contribution in [0, 0.1) is 17.8 Å². The highest BCUT2D eigenvalue weighted by atomic mass is 35.5. The van der Waals surface area contributed by atoms with E-state index >= 15 is 0 Å². The first-order valence-corrected chi connectivity index (χ1v) is 8.63. The van der Waals surface area contributed by atoms with Crippen LogP contribution >= 0.6 is 11.6 Å². The van der Waals surface area contributed by atoms with Crippen molar-refractivity contribution < 1.29 is 9.53 Å². The van der Waals surface area contributed by atoms with E-state index in [1.54, 1.807) is 7.11 Å². The van der Waals surface area contributed by atoms with Gasteiger partial charge in [-0.25, -0.2) is 0 Å². The zero-order valence-electron chi connectivity index (χ0n) is 12.7. The maximum absolute atomic E-state index is 12.7. The van der Waals surface area contributed by atoms with E-state index in [1.807, 2.05) is 4.90 Å². The number of carbonyl (C=O) groups excluding carboxylic acids is 1.